The van der Waals surface area contributed by atoms with E-state index >= 15 is 0 Å². The van der Waals surface area contributed by atoms with Gasteiger partial charge in [0.05, 0.1) is 5.92 Å². The molecule has 15 heavy (non-hydrogen) atoms. The smallest absolute Gasteiger partial charge is 0.397 e. The van der Waals surface area contributed by atoms with Crippen LogP contribution in [0.2, 0.25) is 0 Å². The number of rotatable bonds is 2. The summed E-state index contributed by atoms with van der Waals surface area (Å²) in [6.45, 7) is -0.585. The van der Waals surface area contributed by atoms with Crippen LogP contribution in [0.4, 0.5) is 13.2 Å². The Labute approximate surface area is 93.0 Å². The van der Waals surface area contributed by atoms with E-state index in [4.69, 9.17) is 5.73 Å². The van der Waals surface area contributed by atoms with Gasteiger partial charge in [-0.05, 0) is 12.1 Å². The number of nitrogens with two attached hydrogens (primary N) is 1. The van der Waals surface area contributed by atoms with Gasteiger partial charge in [-0.15, -0.1) is 0 Å². The van der Waals surface area contributed by atoms with Crippen molar-refractivity contribution in [3.8, 4) is 5.75 Å². The third-order valence-electron chi connectivity index (χ3n) is 2.00. The molecule has 0 saturated heterocycles. The van der Waals surface area contributed by atoms with Crippen molar-refractivity contribution < 1.29 is 18.3 Å². The van der Waals surface area contributed by atoms with Crippen molar-refractivity contribution in [2.45, 2.75) is 12.1 Å². The Kier molecular flexibility index (Phi) is 3.62. The number of benzene rings is 1. The molecule has 0 bridgehead atoms. The molecule has 0 amide bonds. The summed E-state index contributed by atoms with van der Waals surface area (Å²) in [5, 5.41) is 9.37. The van der Waals surface area contributed by atoms with Crippen molar-refractivity contribution in [2.75, 3.05) is 6.54 Å². The van der Waals surface area contributed by atoms with E-state index in [9.17, 15) is 18.3 Å². The SMILES string of the molecule is NCC(c1ccc(Br)cc1O)C(F)(F)F. The first-order chi connectivity index (χ1) is 6.86. The second kappa shape index (κ2) is 4.40. The highest BCUT2D eigenvalue weighted by molar-refractivity contribution is 9.10. The summed E-state index contributed by atoms with van der Waals surface area (Å²) in [6.07, 6.45) is -4.44. The first-order valence-corrected chi connectivity index (χ1v) is 4.90. The first-order valence-electron chi connectivity index (χ1n) is 4.11. The standard InChI is InChI=1S/C9H9BrF3NO/c10-5-1-2-6(8(15)3-5)7(4-14)9(11,12)13/h1-3,7,15H,4,14H2. The van der Waals surface area contributed by atoms with Gasteiger partial charge in [0.15, 0.2) is 0 Å². The fourth-order valence-electron chi connectivity index (χ4n) is 1.25. The van der Waals surface area contributed by atoms with Gasteiger partial charge < -0.3 is 10.8 Å². The molecule has 0 aromatic heterocycles. The molecule has 2 nitrogen and oxygen atoms in total. The minimum atomic E-state index is -4.44. The van der Waals surface area contributed by atoms with Gasteiger partial charge in [-0.25, -0.2) is 0 Å². The Balaban J connectivity index is 3.13. The van der Waals surface area contributed by atoms with E-state index in [1.165, 1.54) is 18.2 Å². The van der Waals surface area contributed by atoms with Crippen molar-refractivity contribution in [3.63, 3.8) is 0 Å². The lowest BCUT2D eigenvalue weighted by molar-refractivity contribution is -0.148. The van der Waals surface area contributed by atoms with Crippen molar-refractivity contribution in [1.29, 1.82) is 0 Å². The normalized spacial score (nSPS) is 13.9. The fraction of sp³-hybridized carbons (Fsp3) is 0.333. The molecule has 0 aliphatic heterocycles. The van der Waals surface area contributed by atoms with Crippen LogP contribution < -0.4 is 5.73 Å². The van der Waals surface area contributed by atoms with Crippen LogP contribution in [0.25, 0.3) is 0 Å². The highest BCUT2D eigenvalue weighted by Gasteiger charge is 2.40. The highest BCUT2D eigenvalue weighted by Crippen LogP contribution is 2.38. The highest BCUT2D eigenvalue weighted by atomic mass is 79.9. The number of aromatic hydroxyl groups is 1. The lowest BCUT2D eigenvalue weighted by atomic mass is 9.98. The molecule has 0 heterocycles. The van der Waals surface area contributed by atoms with Crippen LogP contribution in [0, 0.1) is 0 Å². The van der Waals surface area contributed by atoms with Crippen molar-refractivity contribution in [3.05, 3.63) is 28.2 Å². The zero-order valence-corrected chi connectivity index (χ0v) is 9.14. The Morgan fingerprint density at radius 2 is 2.00 bits per heavy atom. The van der Waals surface area contributed by atoms with Gasteiger partial charge in [0.1, 0.15) is 5.75 Å². The summed E-state index contributed by atoms with van der Waals surface area (Å²) in [6, 6.07) is 3.86. The maximum absolute atomic E-state index is 12.5. The lowest BCUT2D eigenvalue weighted by Gasteiger charge is -2.19. The van der Waals surface area contributed by atoms with Crippen LogP contribution in [-0.2, 0) is 0 Å². The third kappa shape index (κ3) is 2.85. The van der Waals surface area contributed by atoms with Gasteiger partial charge in [-0.3, -0.25) is 0 Å². The van der Waals surface area contributed by atoms with Gasteiger partial charge in [0.2, 0.25) is 0 Å². The van der Waals surface area contributed by atoms with E-state index in [1.54, 1.807) is 0 Å². The summed E-state index contributed by atoms with van der Waals surface area (Å²) in [7, 11) is 0. The molecule has 6 heteroatoms. The van der Waals surface area contributed by atoms with Crippen LogP contribution in [-0.4, -0.2) is 17.8 Å². The molecule has 0 fully saturated rings. The molecule has 0 saturated carbocycles. The largest absolute Gasteiger partial charge is 0.508 e. The topological polar surface area (TPSA) is 46.2 Å². The van der Waals surface area contributed by atoms with Gasteiger partial charge >= 0.3 is 6.18 Å². The Bertz CT molecular complexity index is 354. The minimum Gasteiger partial charge on any atom is -0.508 e. The quantitative estimate of drug-likeness (QED) is 0.877. The van der Waals surface area contributed by atoms with Gasteiger partial charge in [-0.2, -0.15) is 13.2 Å². The van der Waals surface area contributed by atoms with E-state index in [1.807, 2.05) is 0 Å². The third-order valence-corrected chi connectivity index (χ3v) is 2.49. The Morgan fingerprint density at radius 3 is 2.40 bits per heavy atom. The van der Waals surface area contributed by atoms with Crippen molar-refractivity contribution in [1.82, 2.24) is 0 Å². The number of hydrogen-bond acceptors (Lipinski definition) is 2. The monoisotopic (exact) mass is 283 g/mol. The molecule has 1 aromatic carbocycles. The summed E-state index contributed by atoms with van der Waals surface area (Å²) in [4.78, 5) is 0. The molecule has 3 N–H and O–H groups in total. The van der Waals surface area contributed by atoms with E-state index in [-0.39, 0.29) is 5.56 Å². The predicted molar refractivity (Wildman–Crippen MR) is 53.7 cm³/mol. The number of hydrogen-bond donors (Lipinski definition) is 2. The van der Waals surface area contributed by atoms with E-state index in [2.05, 4.69) is 15.9 Å². The number of phenols is 1. The maximum Gasteiger partial charge on any atom is 0.397 e. The molecule has 1 aromatic rings. The molecule has 0 aliphatic rings. The summed E-state index contributed by atoms with van der Waals surface area (Å²) >= 11 is 3.05. The summed E-state index contributed by atoms with van der Waals surface area (Å²) < 4.78 is 38.0. The van der Waals surface area contributed by atoms with Crippen LogP contribution in [0.3, 0.4) is 0 Å². The summed E-state index contributed by atoms with van der Waals surface area (Å²) in [5.41, 5.74) is 4.85. The molecule has 1 unspecified atom stereocenters. The molecular formula is C9H9BrF3NO. The number of phenolic OH excluding ortho intramolecular Hbond substituents is 1. The zero-order valence-electron chi connectivity index (χ0n) is 7.55. The first kappa shape index (κ1) is 12.3. The van der Waals surface area contributed by atoms with E-state index in [0.717, 1.165) is 0 Å². The van der Waals surface area contributed by atoms with Gasteiger partial charge in [0.25, 0.3) is 0 Å². The molecule has 84 valence electrons. The van der Waals surface area contributed by atoms with E-state index in [0.29, 0.717) is 4.47 Å². The molecule has 0 aliphatic carbocycles. The maximum atomic E-state index is 12.5. The number of halogens is 4. The Morgan fingerprint density at radius 1 is 1.40 bits per heavy atom. The molecule has 0 spiro atoms. The summed E-state index contributed by atoms with van der Waals surface area (Å²) in [5.74, 6) is -2.23. The average molecular weight is 284 g/mol. The second-order valence-electron chi connectivity index (χ2n) is 3.03. The molecule has 1 atom stereocenters. The van der Waals surface area contributed by atoms with E-state index < -0.39 is 24.4 Å². The Hall–Kier alpha value is -0.750. The van der Waals surface area contributed by atoms with Crippen molar-refractivity contribution >= 4 is 15.9 Å². The fourth-order valence-corrected chi connectivity index (χ4v) is 1.60. The van der Waals surface area contributed by atoms with Crippen molar-refractivity contribution in [2.24, 2.45) is 5.73 Å². The van der Waals surface area contributed by atoms with Crippen LogP contribution in [0.15, 0.2) is 22.7 Å². The molecule has 1 rings (SSSR count). The van der Waals surface area contributed by atoms with Gasteiger partial charge in [-0.1, -0.05) is 22.0 Å². The number of alkyl halides is 3. The molecule has 0 radical (unpaired) electrons. The average Bonchev–Trinajstić information content (AvgIpc) is 2.07. The zero-order chi connectivity index (χ0) is 11.6. The lowest BCUT2D eigenvalue weighted by Crippen LogP contribution is -2.28. The van der Waals surface area contributed by atoms with Gasteiger partial charge in [0, 0.05) is 16.6 Å². The second-order valence-corrected chi connectivity index (χ2v) is 3.95. The predicted octanol–water partition coefficient (Wildman–Crippen LogP) is 2.76. The van der Waals surface area contributed by atoms with Crippen LogP contribution in [0.5, 0.6) is 5.75 Å². The minimum absolute atomic E-state index is 0.201. The van der Waals surface area contributed by atoms with Crippen LogP contribution >= 0.6 is 15.9 Å². The van der Waals surface area contributed by atoms with Crippen LogP contribution in [0.1, 0.15) is 11.5 Å². The molecular weight excluding hydrogens is 275 g/mol.